The minimum absolute atomic E-state index is 0.0765. The molecular formula is C19H21Cl2N5O3. The largest absolute Gasteiger partial charge is 0.396 e. The second kappa shape index (κ2) is 7.51. The third kappa shape index (κ3) is 3.45. The third-order valence-corrected chi connectivity index (χ3v) is 6.25. The number of nitrogens with zero attached hydrogens (tertiary/aromatic N) is 4. The van der Waals surface area contributed by atoms with Gasteiger partial charge in [-0.05, 0) is 36.5 Å². The first-order chi connectivity index (χ1) is 13.8. The zero-order valence-electron chi connectivity index (χ0n) is 16.0. The summed E-state index contributed by atoms with van der Waals surface area (Å²) in [6.45, 7) is 0.252. The highest BCUT2D eigenvalue weighted by Gasteiger charge is 2.30. The number of nitrogens with one attached hydrogen (secondary N) is 1. The first-order valence-electron chi connectivity index (χ1n) is 9.27. The second-order valence-corrected chi connectivity index (χ2v) is 8.32. The van der Waals surface area contributed by atoms with Crippen LogP contribution in [0.5, 0.6) is 0 Å². The molecule has 0 saturated heterocycles. The maximum atomic E-state index is 13.1. The van der Waals surface area contributed by atoms with Gasteiger partial charge in [-0.3, -0.25) is 13.9 Å². The monoisotopic (exact) mass is 437 g/mol. The molecule has 1 aliphatic carbocycles. The predicted molar refractivity (Wildman–Crippen MR) is 113 cm³/mol. The number of aliphatic hydroxyl groups is 1. The molecule has 10 heteroatoms. The molecule has 154 valence electrons. The lowest BCUT2D eigenvalue weighted by Gasteiger charge is -2.34. The highest BCUT2D eigenvalue weighted by Crippen LogP contribution is 2.29. The van der Waals surface area contributed by atoms with E-state index in [1.807, 2.05) is 0 Å². The zero-order valence-corrected chi connectivity index (χ0v) is 17.5. The van der Waals surface area contributed by atoms with Crippen molar-refractivity contribution in [2.24, 2.45) is 20.0 Å². The molecule has 2 N–H and O–H groups in total. The van der Waals surface area contributed by atoms with Crippen molar-refractivity contribution in [2.75, 3.05) is 11.9 Å². The van der Waals surface area contributed by atoms with Crippen LogP contribution in [0.25, 0.3) is 11.2 Å². The molecule has 0 amide bonds. The maximum absolute atomic E-state index is 13.1. The molecule has 2 aromatic heterocycles. The van der Waals surface area contributed by atoms with Gasteiger partial charge in [0.15, 0.2) is 11.2 Å². The highest BCUT2D eigenvalue weighted by molar-refractivity contribution is 6.42. The topological polar surface area (TPSA) is 94.1 Å². The Morgan fingerprint density at radius 1 is 1.17 bits per heavy atom. The van der Waals surface area contributed by atoms with Gasteiger partial charge >= 0.3 is 5.69 Å². The predicted octanol–water partition coefficient (Wildman–Crippen LogP) is 1.97. The SMILES string of the molecule is Cn1c(N[C@H]2C[C@H](CO)C2)nc2c1c(=O)n(Cc1ccc(Cl)c(Cl)c1)c(=O)n2C. The fourth-order valence-electron chi connectivity index (χ4n) is 3.72. The van der Waals surface area contributed by atoms with Crippen molar-refractivity contribution in [3.63, 3.8) is 0 Å². The standard InChI is InChI=1S/C19H21Cl2N5O3/c1-24-15-16(23-18(24)22-12-5-11(6-12)9-27)25(2)19(29)26(17(15)28)8-10-3-4-13(20)14(21)7-10/h3-4,7,11-12,27H,5-6,8-9H2,1-2H3,(H,22,23)/t11-,12-. The summed E-state index contributed by atoms with van der Waals surface area (Å²) >= 11 is 12.0. The summed E-state index contributed by atoms with van der Waals surface area (Å²) < 4.78 is 4.21. The van der Waals surface area contributed by atoms with Gasteiger partial charge in [0, 0.05) is 26.7 Å². The van der Waals surface area contributed by atoms with Crippen LogP contribution >= 0.6 is 23.2 Å². The first-order valence-corrected chi connectivity index (χ1v) is 10.0. The Morgan fingerprint density at radius 2 is 1.90 bits per heavy atom. The molecule has 1 aromatic carbocycles. The molecule has 0 atom stereocenters. The Balaban J connectivity index is 1.75. The van der Waals surface area contributed by atoms with Gasteiger partial charge in [0.2, 0.25) is 5.95 Å². The molecule has 4 rings (SSSR count). The summed E-state index contributed by atoms with van der Waals surface area (Å²) in [6, 6.07) is 5.20. The molecule has 8 nitrogen and oxygen atoms in total. The van der Waals surface area contributed by atoms with E-state index in [1.54, 1.807) is 36.9 Å². The molecule has 29 heavy (non-hydrogen) atoms. The molecule has 1 aliphatic rings. The van der Waals surface area contributed by atoms with E-state index in [4.69, 9.17) is 23.2 Å². The summed E-state index contributed by atoms with van der Waals surface area (Å²) in [7, 11) is 3.34. The Morgan fingerprint density at radius 3 is 2.55 bits per heavy atom. The molecule has 2 heterocycles. The summed E-state index contributed by atoms with van der Waals surface area (Å²) in [5, 5.41) is 13.3. The van der Waals surface area contributed by atoms with E-state index in [2.05, 4.69) is 10.3 Å². The van der Waals surface area contributed by atoms with Gasteiger partial charge in [0.25, 0.3) is 5.56 Å². The highest BCUT2D eigenvalue weighted by atomic mass is 35.5. The fraction of sp³-hybridized carbons (Fsp3) is 0.421. The minimum Gasteiger partial charge on any atom is -0.396 e. The average molecular weight is 438 g/mol. The number of halogens is 2. The van der Waals surface area contributed by atoms with Crippen molar-refractivity contribution in [2.45, 2.75) is 25.4 Å². The summed E-state index contributed by atoms with van der Waals surface area (Å²) in [4.78, 5) is 30.4. The van der Waals surface area contributed by atoms with Crippen LogP contribution in [0.4, 0.5) is 5.95 Å². The van der Waals surface area contributed by atoms with Crippen LogP contribution < -0.4 is 16.6 Å². The number of benzene rings is 1. The number of aromatic nitrogens is 4. The van der Waals surface area contributed by atoms with Crippen molar-refractivity contribution in [1.82, 2.24) is 18.7 Å². The van der Waals surface area contributed by atoms with E-state index in [0.717, 1.165) is 12.8 Å². The van der Waals surface area contributed by atoms with Gasteiger partial charge in [-0.1, -0.05) is 29.3 Å². The molecule has 0 spiro atoms. The number of rotatable bonds is 5. The molecule has 3 aromatic rings. The van der Waals surface area contributed by atoms with Gasteiger partial charge in [0.1, 0.15) is 0 Å². The van der Waals surface area contributed by atoms with Crippen LogP contribution in [-0.2, 0) is 20.6 Å². The number of aryl methyl sites for hydroxylation is 2. The molecule has 1 fully saturated rings. The number of aliphatic hydroxyl groups excluding tert-OH is 1. The average Bonchev–Trinajstić information content (AvgIpc) is 2.99. The fourth-order valence-corrected chi connectivity index (χ4v) is 4.04. The smallest absolute Gasteiger partial charge is 0.332 e. The quantitative estimate of drug-likeness (QED) is 0.636. The lowest BCUT2D eigenvalue weighted by molar-refractivity contribution is 0.151. The van der Waals surface area contributed by atoms with Gasteiger partial charge in [0.05, 0.1) is 16.6 Å². The molecule has 0 aliphatic heterocycles. The van der Waals surface area contributed by atoms with Crippen molar-refractivity contribution in [3.8, 4) is 0 Å². The number of hydrogen-bond acceptors (Lipinski definition) is 5. The summed E-state index contributed by atoms with van der Waals surface area (Å²) in [5.74, 6) is 0.829. The Bertz CT molecular complexity index is 1210. The molecule has 0 bridgehead atoms. The van der Waals surface area contributed by atoms with Crippen LogP contribution in [-0.4, -0.2) is 36.4 Å². The zero-order chi connectivity index (χ0) is 20.9. The van der Waals surface area contributed by atoms with Crippen LogP contribution in [0, 0.1) is 5.92 Å². The lowest BCUT2D eigenvalue weighted by Crippen LogP contribution is -2.39. The van der Waals surface area contributed by atoms with E-state index in [1.165, 1.54) is 9.13 Å². The van der Waals surface area contributed by atoms with E-state index < -0.39 is 11.2 Å². The van der Waals surface area contributed by atoms with E-state index in [0.29, 0.717) is 38.6 Å². The first kappa shape index (κ1) is 20.0. The van der Waals surface area contributed by atoms with Gasteiger partial charge in [-0.25, -0.2) is 4.79 Å². The van der Waals surface area contributed by atoms with E-state index in [-0.39, 0.29) is 19.2 Å². The number of anilines is 1. The van der Waals surface area contributed by atoms with Crippen LogP contribution in [0.1, 0.15) is 18.4 Å². The Hall–Kier alpha value is -2.29. The third-order valence-electron chi connectivity index (χ3n) is 5.51. The number of imidazole rings is 1. The van der Waals surface area contributed by atoms with E-state index in [9.17, 15) is 14.7 Å². The Kier molecular flexibility index (Phi) is 5.18. The molecular weight excluding hydrogens is 417 g/mol. The van der Waals surface area contributed by atoms with Crippen molar-refractivity contribution in [3.05, 3.63) is 54.6 Å². The van der Waals surface area contributed by atoms with Crippen molar-refractivity contribution >= 4 is 40.3 Å². The summed E-state index contributed by atoms with van der Waals surface area (Å²) in [6.07, 6.45) is 1.69. The summed E-state index contributed by atoms with van der Waals surface area (Å²) in [5.41, 5.74) is 0.491. The number of fused-ring (bicyclic) bond motifs is 1. The second-order valence-electron chi connectivity index (χ2n) is 7.51. The van der Waals surface area contributed by atoms with Crippen molar-refractivity contribution < 1.29 is 5.11 Å². The van der Waals surface area contributed by atoms with Gasteiger partial charge in [-0.2, -0.15) is 4.98 Å². The van der Waals surface area contributed by atoms with Crippen LogP contribution in [0.3, 0.4) is 0 Å². The normalized spacial score (nSPS) is 18.8. The van der Waals surface area contributed by atoms with Crippen LogP contribution in [0.2, 0.25) is 10.0 Å². The number of hydrogen-bond donors (Lipinski definition) is 2. The molecule has 1 saturated carbocycles. The maximum Gasteiger partial charge on any atom is 0.332 e. The van der Waals surface area contributed by atoms with Gasteiger partial charge < -0.3 is 15.0 Å². The molecule has 0 unspecified atom stereocenters. The van der Waals surface area contributed by atoms with Gasteiger partial charge in [-0.15, -0.1) is 0 Å². The lowest BCUT2D eigenvalue weighted by atomic mass is 9.81. The van der Waals surface area contributed by atoms with Crippen LogP contribution in [0.15, 0.2) is 27.8 Å². The van der Waals surface area contributed by atoms with E-state index >= 15 is 0 Å². The Labute approximate surface area is 176 Å². The molecule has 0 radical (unpaired) electrons. The van der Waals surface area contributed by atoms with Crippen molar-refractivity contribution in [1.29, 1.82) is 0 Å². The minimum atomic E-state index is -0.456.